The van der Waals surface area contributed by atoms with Crippen LogP contribution in [0.5, 0.6) is 0 Å². The van der Waals surface area contributed by atoms with Gasteiger partial charge in [-0.05, 0) is 12.0 Å². The quantitative estimate of drug-likeness (QED) is 0.730. The lowest BCUT2D eigenvalue weighted by Crippen LogP contribution is -2.41. The molecule has 29 heavy (non-hydrogen) atoms. The number of carbonyl (C=O) groups is 1. The lowest BCUT2D eigenvalue weighted by Gasteiger charge is -2.34. The normalized spacial score (nSPS) is 20.6. The zero-order chi connectivity index (χ0) is 19.7. The molecule has 5 rings (SSSR count). The number of nitrogens with zero attached hydrogens (tertiary/aromatic N) is 4. The van der Waals surface area contributed by atoms with Gasteiger partial charge in [-0.1, -0.05) is 30.3 Å². The average molecular weight is 391 g/mol. The predicted molar refractivity (Wildman–Crippen MR) is 104 cm³/mol. The van der Waals surface area contributed by atoms with E-state index in [9.17, 15) is 4.79 Å². The molecule has 1 fully saturated rings. The van der Waals surface area contributed by atoms with E-state index in [1.165, 1.54) is 12.7 Å². The Bertz CT molecular complexity index is 1010. The molecule has 1 spiro atoms. The minimum Gasteiger partial charge on any atom is -0.451 e. The Morgan fingerprint density at radius 1 is 1.24 bits per heavy atom. The molecule has 1 unspecified atom stereocenters. The number of oxazole rings is 1. The van der Waals surface area contributed by atoms with Crippen molar-refractivity contribution in [2.24, 2.45) is 0 Å². The van der Waals surface area contributed by atoms with Gasteiger partial charge in [0.25, 0.3) is 5.91 Å². The molecule has 1 aromatic carbocycles. The highest BCUT2D eigenvalue weighted by molar-refractivity contribution is 5.92. The summed E-state index contributed by atoms with van der Waals surface area (Å²) in [5.74, 6) is 0.467. The molecular formula is C21H21N5O3. The van der Waals surface area contributed by atoms with Crippen molar-refractivity contribution in [2.75, 3.05) is 25.0 Å². The number of carbonyl (C=O) groups excluding carboxylic acids is 1. The van der Waals surface area contributed by atoms with Crippen molar-refractivity contribution in [3.05, 3.63) is 71.7 Å². The summed E-state index contributed by atoms with van der Waals surface area (Å²) in [6, 6.07) is 10.1. The SMILES string of the molecule is O=C(c1cocn1)N1CCC2(COCc3cnc(NCc4ccccc4)nc32)C1. The molecule has 8 nitrogen and oxygen atoms in total. The largest absolute Gasteiger partial charge is 0.451 e. The zero-order valence-electron chi connectivity index (χ0n) is 15.9. The summed E-state index contributed by atoms with van der Waals surface area (Å²) in [6.07, 6.45) is 5.28. The summed E-state index contributed by atoms with van der Waals surface area (Å²) in [4.78, 5) is 27.8. The van der Waals surface area contributed by atoms with E-state index in [1.807, 2.05) is 24.4 Å². The lowest BCUT2D eigenvalue weighted by molar-refractivity contribution is 0.0484. The molecular weight excluding hydrogens is 370 g/mol. The number of hydrogen-bond acceptors (Lipinski definition) is 7. The number of fused-ring (bicyclic) bond motifs is 2. The van der Waals surface area contributed by atoms with Crippen LogP contribution in [-0.2, 0) is 23.3 Å². The van der Waals surface area contributed by atoms with E-state index in [-0.39, 0.29) is 11.3 Å². The van der Waals surface area contributed by atoms with E-state index in [1.54, 1.807) is 4.90 Å². The Labute approximate surface area is 167 Å². The fraction of sp³-hybridized carbons (Fsp3) is 0.333. The van der Waals surface area contributed by atoms with Crippen molar-refractivity contribution in [1.82, 2.24) is 19.9 Å². The first kappa shape index (κ1) is 17.8. The number of anilines is 1. The van der Waals surface area contributed by atoms with Crippen LogP contribution >= 0.6 is 0 Å². The number of amides is 1. The number of hydrogen-bond donors (Lipinski definition) is 1. The molecule has 0 radical (unpaired) electrons. The maximum atomic E-state index is 12.7. The van der Waals surface area contributed by atoms with Gasteiger partial charge in [-0.25, -0.2) is 15.0 Å². The van der Waals surface area contributed by atoms with Gasteiger partial charge >= 0.3 is 0 Å². The summed E-state index contributed by atoms with van der Waals surface area (Å²) >= 11 is 0. The molecule has 0 aliphatic carbocycles. The van der Waals surface area contributed by atoms with Gasteiger partial charge in [0.05, 0.1) is 24.3 Å². The average Bonchev–Trinajstić information content (AvgIpc) is 3.44. The molecule has 148 valence electrons. The van der Waals surface area contributed by atoms with Crippen LogP contribution in [0.3, 0.4) is 0 Å². The van der Waals surface area contributed by atoms with Gasteiger partial charge in [-0.15, -0.1) is 0 Å². The van der Waals surface area contributed by atoms with Crippen molar-refractivity contribution < 1.29 is 13.9 Å². The van der Waals surface area contributed by atoms with Gasteiger partial charge < -0.3 is 19.4 Å². The standard InChI is InChI=1S/C21H21N5O3/c27-19(17-11-29-14-24-17)26-7-6-21(12-26)13-28-10-16-9-23-20(25-18(16)21)22-8-15-4-2-1-3-5-15/h1-5,9,11,14H,6-8,10,12-13H2,(H,22,23,25). The maximum absolute atomic E-state index is 12.7. The lowest BCUT2D eigenvalue weighted by atomic mass is 9.80. The van der Waals surface area contributed by atoms with Crippen molar-refractivity contribution in [3.8, 4) is 0 Å². The van der Waals surface area contributed by atoms with E-state index in [2.05, 4.69) is 27.4 Å². The van der Waals surface area contributed by atoms with Gasteiger partial charge in [0.2, 0.25) is 5.95 Å². The van der Waals surface area contributed by atoms with Crippen LogP contribution in [0, 0.1) is 0 Å². The Morgan fingerprint density at radius 2 is 2.14 bits per heavy atom. The van der Waals surface area contributed by atoms with E-state index < -0.39 is 0 Å². The predicted octanol–water partition coefficient (Wildman–Crippen LogP) is 2.39. The molecule has 1 saturated heterocycles. The van der Waals surface area contributed by atoms with Gasteiger partial charge in [-0.3, -0.25) is 4.79 Å². The first-order valence-corrected chi connectivity index (χ1v) is 9.63. The summed E-state index contributed by atoms with van der Waals surface area (Å²) in [6.45, 7) is 2.86. The molecule has 1 atom stereocenters. The highest BCUT2D eigenvalue weighted by atomic mass is 16.5. The van der Waals surface area contributed by atoms with E-state index in [0.717, 1.165) is 23.2 Å². The van der Waals surface area contributed by atoms with Gasteiger partial charge in [0, 0.05) is 31.4 Å². The first-order valence-electron chi connectivity index (χ1n) is 9.63. The molecule has 2 aliphatic rings. The number of nitrogens with one attached hydrogen (secondary N) is 1. The second-order valence-corrected chi connectivity index (χ2v) is 7.53. The van der Waals surface area contributed by atoms with Gasteiger partial charge in [0.15, 0.2) is 12.1 Å². The van der Waals surface area contributed by atoms with Crippen molar-refractivity contribution in [1.29, 1.82) is 0 Å². The number of rotatable bonds is 4. The third-order valence-electron chi connectivity index (χ3n) is 5.59. The summed E-state index contributed by atoms with van der Waals surface area (Å²) in [5, 5.41) is 3.31. The highest BCUT2D eigenvalue weighted by Gasteiger charge is 2.46. The third-order valence-corrected chi connectivity index (χ3v) is 5.59. The first-order chi connectivity index (χ1) is 14.2. The van der Waals surface area contributed by atoms with E-state index >= 15 is 0 Å². The minimum absolute atomic E-state index is 0.126. The zero-order valence-corrected chi connectivity index (χ0v) is 15.9. The number of ether oxygens (including phenoxy) is 1. The van der Waals surface area contributed by atoms with E-state index in [4.69, 9.17) is 14.1 Å². The second kappa shape index (κ2) is 7.29. The second-order valence-electron chi connectivity index (χ2n) is 7.53. The Kier molecular flexibility index (Phi) is 4.48. The number of aromatic nitrogens is 3. The molecule has 1 N–H and O–H groups in total. The Hall–Kier alpha value is -3.26. The molecule has 3 aromatic rings. The van der Waals surface area contributed by atoms with Crippen LogP contribution in [0.1, 0.15) is 33.7 Å². The molecule has 4 heterocycles. The third kappa shape index (κ3) is 3.36. The molecule has 0 bridgehead atoms. The van der Waals surface area contributed by atoms with Crippen molar-refractivity contribution in [2.45, 2.75) is 25.0 Å². The van der Waals surface area contributed by atoms with Gasteiger partial charge in [0.1, 0.15) is 6.26 Å². The van der Waals surface area contributed by atoms with Gasteiger partial charge in [-0.2, -0.15) is 0 Å². The summed E-state index contributed by atoms with van der Waals surface area (Å²) in [7, 11) is 0. The molecule has 2 aliphatic heterocycles. The maximum Gasteiger partial charge on any atom is 0.275 e. The van der Waals surface area contributed by atoms with Crippen LogP contribution in [0.2, 0.25) is 0 Å². The molecule has 1 amide bonds. The molecule has 8 heteroatoms. The number of benzene rings is 1. The monoisotopic (exact) mass is 391 g/mol. The van der Waals surface area contributed by atoms with Crippen LogP contribution < -0.4 is 5.32 Å². The van der Waals surface area contributed by atoms with Crippen molar-refractivity contribution >= 4 is 11.9 Å². The highest BCUT2D eigenvalue weighted by Crippen LogP contribution is 2.39. The van der Waals surface area contributed by atoms with Crippen LogP contribution in [-0.4, -0.2) is 45.5 Å². The summed E-state index contributed by atoms with van der Waals surface area (Å²) in [5.41, 5.74) is 3.13. The van der Waals surface area contributed by atoms with E-state index in [0.29, 0.717) is 44.5 Å². The smallest absolute Gasteiger partial charge is 0.275 e. The summed E-state index contributed by atoms with van der Waals surface area (Å²) < 4.78 is 10.8. The minimum atomic E-state index is -0.320. The fourth-order valence-electron chi connectivity index (χ4n) is 4.10. The topological polar surface area (TPSA) is 93.4 Å². The van der Waals surface area contributed by atoms with Crippen LogP contribution in [0.15, 0.2) is 53.6 Å². The fourth-order valence-corrected chi connectivity index (χ4v) is 4.10. The Balaban J connectivity index is 1.37. The molecule has 0 saturated carbocycles. The van der Waals surface area contributed by atoms with Crippen LogP contribution in [0.25, 0.3) is 0 Å². The van der Waals surface area contributed by atoms with Crippen molar-refractivity contribution in [3.63, 3.8) is 0 Å². The number of likely N-dealkylation sites (tertiary alicyclic amines) is 1. The Morgan fingerprint density at radius 3 is 2.97 bits per heavy atom. The van der Waals surface area contributed by atoms with Crippen LogP contribution in [0.4, 0.5) is 5.95 Å². The molecule has 2 aromatic heterocycles.